The van der Waals surface area contributed by atoms with Crippen LogP contribution >= 0.6 is 39.1 Å². The Morgan fingerprint density at radius 1 is 1.36 bits per heavy atom. The van der Waals surface area contributed by atoms with Crippen molar-refractivity contribution in [1.29, 1.82) is 0 Å². The Balaban J connectivity index is 3.68. The second-order valence-corrected chi connectivity index (χ2v) is 3.96. The van der Waals surface area contributed by atoms with E-state index in [2.05, 4.69) is 15.9 Å². The van der Waals surface area contributed by atoms with E-state index in [1.54, 1.807) is 0 Å². The first-order valence-electron chi connectivity index (χ1n) is 3.29. The topological polar surface area (TPSA) is 69.1 Å². The molecular weight excluding hydrogens is 298 g/mol. The van der Waals surface area contributed by atoms with Gasteiger partial charge in [0.05, 0.1) is 20.2 Å². The second-order valence-electron chi connectivity index (χ2n) is 2.41. The van der Waals surface area contributed by atoms with Gasteiger partial charge in [-0.3, -0.25) is 4.79 Å². The van der Waals surface area contributed by atoms with Crippen LogP contribution in [0.4, 0.5) is 10.1 Å². The van der Waals surface area contributed by atoms with Crippen molar-refractivity contribution in [1.82, 2.24) is 0 Å². The van der Waals surface area contributed by atoms with Crippen LogP contribution in [-0.2, 0) is 0 Å². The normalized spacial score (nSPS) is 10.3. The van der Waals surface area contributed by atoms with Crippen molar-refractivity contribution in [2.45, 2.75) is 0 Å². The second kappa shape index (κ2) is 3.92. The Morgan fingerprint density at radius 3 is 2.29 bits per heavy atom. The van der Waals surface area contributed by atoms with Gasteiger partial charge in [-0.05, 0) is 15.9 Å². The minimum Gasteiger partial charge on any atom is -0.397 e. The molecule has 0 atom stereocenters. The summed E-state index contributed by atoms with van der Waals surface area (Å²) in [6.07, 6.45) is 0. The molecule has 0 unspecified atom stereocenters. The molecule has 0 spiro atoms. The lowest BCUT2D eigenvalue weighted by Gasteiger charge is -2.09. The molecule has 0 saturated carbocycles. The van der Waals surface area contributed by atoms with Gasteiger partial charge in [-0.1, -0.05) is 23.2 Å². The molecule has 1 aromatic rings. The van der Waals surface area contributed by atoms with Crippen LogP contribution in [-0.4, -0.2) is 5.91 Å². The Morgan fingerprint density at radius 2 is 1.86 bits per heavy atom. The number of nitrogens with two attached hydrogens (primary N) is 2. The van der Waals surface area contributed by atoms with Gasteiger partial charge < -0.3 is 11.5 Å². The maximum atomic E-state index is 13.4. The van der Waals surface area contributed by atoms with E-state index in [4.69, 9.17) is 34.7 Å². The highest BCUT2D eigenvalue weighted by molar-refractivity contribution is 9.10. The average molecular weight is 302 g/mol. The van der Waals surface area contributed by atoms with Crippen molar-refractivity contribution in [3.63, 3.8) is 0 Å². The lowest BCUT2D eigenvalue weighted by atomic mass is 10.1. The minimum atomic E-state index is -1.02. The molecular formula is C7H4BrCl2FN2O. The third-order valence-electron chi connectivity index (χ3n) is 1.55. The Labute approximate surface area is 97.3 Å². The first-order chi connectivity index (χ1) is 6.37. The van der Waals surface area contributed by atoms with Gasteiger partial charge in [0.15, 0.2) is 5.82 Å². The van der Waals surface area contributed by atoms with E-state index in [1.807, 2.05) is 0 Å². The monoisotopic (exact) mass is 300 g/mol. The fourth-order valence-corrected chi connectivity index (χ4v) is 1.70. The van der Waals surface area contributed by atoms with E-state index in [1.165, 1.54) is 0 Å². The first-order valence-corrected chi connectivity index (χ1v) is 4.84. The molecule has 1 amide bonds. The van der Waals surface area contributed by atoms with Gasteiger partial charge in [0.2, 0.25) is 0 Å². The summed E-state index contributed by atoms with van der Waals surface area (Å²) in [7, 11) is 0. The van der Waals surface area contributed by atoms with E-state index in [-0.39, 0.29) is 20.2 Å². The van der Waals surface area contributed by atoms with Gasteiger partial charge >= 0.3 is 0 Å². The maximum absolute atomic E-state index is 13.4. The van der Waals surface area contributed by atoms with Gasteiger partial charge in [-0.15, -0.1) is 0 Å². The quantitative estimate of drug-likeness (QED) is 0.475. The third kappa shape index (κ3) is 1.67. The number of carbonyl (C=O) groups is 1. The van der Waals surface area contributed by atoms with E-state index < -0.39 is 17.3 Å². The number of nitrogen functional groups attached to an aromatic ring is 1. The molecule has 0 radical (unpaired) electrons. The number of anilines is 1. The van der Waals surface area contributed by atoms with Crippen LogP contribution in [0.3, 0.4) is 0 Å². The van der Waals surface area contributed by atoms with Gasteiger partial charge in [0.1, 0.15) is 5.56 Å². The number of rotatable bonds is 1. The van der Waals surface area contributed by atoms with Crippen LogP contribution in [0.2, 0.25) is 10.0 Å². The molecule has 76 valence electrons. The molecule has 0 aromatic heterocycles. The van der Waals surface area contributed by atoms with Crippen LogP contribution in [0.5, 0.6) is 0 Å². The number of benzene rings is 1. The lowest BCUT2D eigenvalue weighted by Crippen LogP contribution is -2.16. The van der Waals surface area contributed by atoms with E-state index in [9.17, 15) is 9.18 Å². The molecule has 0 aliphatic rings. The van der Waals surface area contributed by atoms with Crippen molar-refractivity contribution in [3.05, 3.63) is 25.9 Å². The number of hydrogen-bond donors (Lipinski definition) is 2. The highest BCUT2D eigenvalue weighted by Gasteiger charge is 2.22. The Kier molecular flexibility index (Phi) is 3.24. The van der Waals surface area contributed by atoms with Crippen LogP contribution in [0.1, 0.15) is 10.4 Å². The van der Waals surface area contributed by atoms with Crippen molar-refractivity contribution in [3.8, 4) is 0 Å². The van der Waals surface area contributed by atoms with Crippen LogP contribution in [0.25, 0.3) is 0 Å². The van der Waals surface area contributed by atoms with Crippen LogP contribution in [0, 0.1) is 5.82 Å². The van der Waals surface area contributed by atoms with Crippen molar-refractivity contribution in [2.24, 2.45) is 5.73 Å². The first kappa shape index (κ1) is 11.6. The number of primary amides is 1. The highest BCUT2D eigenvalue weighted by Crippen LogP contribution is 2.39. The summed E-state index contributed by atoms with van der Waals surface area (Å²) in [5.74, 6) is -2.00. The number of halogens is 4. The summed E-state index contributed by atoms with van der Waals surface area (Å²) in [6, 6.07) is 0. The van der Waals surface area contributed by atoms with Gasteiger partial charge in [0, 0.05) is 0 Å². The largest absolute Gasteiger partial charge is 0.397 e. The smallest absolute Gasteiger partial charge is 0.253 e. The lowest BCUT2D eigenvalue weighted by molar-refractivity contribution is 0.0997. The van der Waals surface area contributed by atoms with Crippen molar-refractivity contribution >= 4 is 50.7 Å². The molecule has 7 heteroatoms. The van der Waals surface area contributed by atoms with E-state index in [0.29, 0.717) is 0 Å². The SMILES string of the molecule is NC(=O)c1c(N)c(Cl)c(Br)c(Cl)c1F. The molecule has 14 heavy (non-hydrogen) atoms. The molecule has 1 aromatic carbocycles. The van der Waals surface area contributed by atoms with E-state index >= 15 is 0 Å². The molecule has 0 aliphatic heterocycles. The van der Waals surface area contributed by atoms with Crippen molar-refractivity contribution in [2.75, 3.05) is 5.73 Å². The summed E-state index contributed by atoms with van der Waals surface area (Å²) in [6.45, 7) is 0. The molecule has 0 saturated heterocycles. The van der Waals surface area contributed by atoms with Gasteiger partial charge in [-0.2, -0.15) is 0 Å². The fraction of sp³-hybridized carbons (Fsp3) is 0. The molecule has 0 fully saturated rings. The van der Waals surface area contributed by atoms with Crippen LogP contribution < -0.4 is 11.5 Å². The zero-order chi connectivity index (χ0) is 11.0. The van der Waals surface area contributed by atoms with Crippen molar-refractivity contribution < 1.29 is 9.18 Å². The average Bonchev–Trinajstić information content (AvgIpc) is 2.11. The molecule has 1 rings (SSSR count). The predicted octanol–water partition coefficient (Wildman–Crippen LogP) is 2.58. The highest BCUT2D eigenvalue weighted by atomic mass is 79.9. The summed E-state index contributed by atoms with van der Waals surface area (Å²) >= 11 is 14.1. The van der Waals surface area contributed by atoms with E-state index in [0.717, 1.165) is 0 Å². The predicted molar refractivity (Wildman–Crippen MR) is 57.1 cm³/mol. The Bertz CT molecular complexity index is 396. The number of amides is 1. The summed E-state index contributed by atoms with van der Waals surface area (Å²) in [4.78, 5) is 10.8. The fourth-order valence-electron chi connectivity index (χ4n) is 0.890. The van der Waals surface area contributed by atoms with Gasteiger partial charge in [-0.25, -0.2) is 4.39 Å². The van der Waals surface area contributed by atoms with Gasteiger partial charge in [0.25, 0.3) is 5.91 Å². The Hall–Kier alpha value is -0.520. The summed E-state index contributed by atoms with van der Waals surface area (Å²) in [5.41, 5.74) is 9.58. The molecule has 4 N–H and O–H groups in total. The maximum Gasteiger partial charge on any atom is 0.253 e. The number of carbonyl (C=O) groups excluding carboxylic acids is 1. The summed E-state index contributed by atoms with van der Waals surface area (Å²) < 4.78 is 13.5. The minimum absolute atomic E-state index is 0.0369. The molecule has 3 nitrogen and oxygen atoms in total. The number of hydrogen-bond acceptors (Lipinski definition) is 2. The summed E-state index contributed by atoms with van der Waals surface area (Å²) in [5, 5.41) is -0.358. The zero-order valence-corrected chi connectivity index (χ0v) is 9.67. The van der Waals surface area contributed by atoms with Crippen LogP contribution in [0.15, 0.2) is 4.47 Å². The molecule has 0 aliphatic carbocycles. The molecule has 0 heterocycles. The third-order valence-corrected chi connectivity index (χ3v) is 3.55. The standard InChI is InChI=1S/C7H4BrCl2FN2O/c8-2-3(9)5(11)1(7(13)14)6(12)4(2)10/h12H2,(H2,13,14). The zero-order valence-electron chi connectivity index (χ0n) is 6.57. The molecule has 0 bridgehead atoms.